The van der Waals surface area contributed by atoms with Crippen LogP contribution >= 0.6 is 0 Å². The third-order valence-corrected chi connectivity index (χ3v) is 4.09. The van der Waals surface area contributed by atoms with E-state index < -0.39 is 34.8 Å². The Kier molecular flexibility index (Phi) is 4.15. The number of rotatable bonds is 4. The van der Waals surface area contributed by atoms with Gasteiger partial charge in [0.15, 0.2) is 0 Å². The minimum Gasteiger partial charge on any atom is -0.492 e. The zero-order chi connectivity index (χ0) is 15.8. The highest BCUT2D eigenvalue weighted by atomic mass is 32.2. The molecular weight excluding hydrogens is 306 g/mol. The third-order valence-electron chi connectivity index (χ3n) is 3.18. The molecule has 1 aromatic carbocycles. The number of alkyl halides is 2. The molecule has 6 nitrogen and oxygen atoms in total. The molecule has 9 heteroatoms. The molecule has 1 aliphatic heterocycles. The Hall–Kier alpha value is -1.74. The summed E-state index contributed by atoms with van der Waals surface area (Å²) in [6, 6.07) is 3.91. The number of benzene rings is 1. The minimum absolute atomic E-state index is 0.0180. The first-order valence-electron chi connectivity index (χ1n) is 6.03. The largest absolute Gasteiger partial charge is 0.492 e. The summed E-state index contributed by atoms with van der Waals surface area (Å²) in [5.74, 6) is -1.02. The monoisotopic (exact) mass is 320 g/mol. The van der Waals surface area contributed by atoms with E-state index in [1.165, 1.54) is 25.2 Å². The average Bonchev–Trinajstić information content (AvgIpc) is 2.78. The van der Waals surface area contributed by atoms with E-state index in [2.05, 4.69) is 0 Å². The average molecular weight is 320 g/mol. The molecular formula is C12H14F2N2O4S. The first kappa shape index (κ1) is 15.6. The van der Waals surface area contributed by atoms with Crippen molar-refractivity contribution in [2.24, 2.45) is 5.14 Å². The second kappa shape index (κ2) is 5.57. The summed E-state index contributed by atoms with van der Waals surface area (Å²) in [7, 11) is -2.65. The van der Waals surface area contributed by atoms with Crippen LogP contribution in [0.25, 0.3) is 0 Å². The summed E-state index contributed by atoms with van der Waals surface area (Å²) in [5.41, 5.74) is 0.340. The van der Waals surface area contributed by atoms with Gasteiger partial charge >= 0.3 is 0 Å². The number of nitrogens with zero attached hydrogens (tertiary/aromatic N) is 1. The van der Waals surface area contributed by atoms with Crippen LogP contribution in [-0.2, 0) is 14.8 Å². The molecule has 1 heterocycles. The number of sulfonamides is 1. The van der Waals surface area contributed by atoms with Crippen molar-refractivity contribution in [3.63, 3.8) is 0 Å². The summed E-state index contributed by atoms with van der Waals surface area (Å²) in [6.45, 7) is -0.713. The molecule has 2 rings (SSSR count). The van der Waals surface area contributed by atoms with Crippen molar-refractivity contribution in [2.45, 2.75) is 17.2 Å². The lowest BCUT2D eigenvalue weighted by Crippen LogP contribution is -2.35. The van der Waals surface area contributed by atoms with Crippen molar-refractivity contribution in [1.82, 2.24) is 4.90 Å². The number of hydrogen-bond donors (Lipinski definition) is 1. The van der Waals surface area contributed by atoms with Gasteiger partial charge in [-0.25, -0.2) is 22.3 Å². The Labute approximate surface area is 120 Å². The van der Waals surface area contributed by atoms with Gasteiger partial charge in [-0.3, -0.25) is 4.79 Å². The molecule has 1 aliphatic rings. The topological polar surface area (TPSA) is 89.7 Å². The molecule has 0 bridgehead atoms. The van der Waals surface area contributed by atoms with Gasteiger partial charge in [0, 0.05) is 12.6 Å². The van der Waals surface area contributed by atoms with E-state index in [-0.39, 0.29) is 11.5 Å². The Morgan fingerprint density at radius 2 is 2.19 bits per heavy atom. The molecule has 21 heavy (non-hydrogen) atoms. The van der Waals surface area contributed by atoms with Gasteiger partial charge in [0.05, 0.1) is 11.4 Å². The van der Waals surface area contributed by atoms with Crippen LogP contribution in [0.5, 0.6) is 5.75 Å². The van der Waals surface area contributed by atoms with E-state index in [9.17, 15) is 22.0 Å². The highest BCUT2D eigenvalue weighted by Crippen LogP contribution is 2.36. The van der Waals surface area contributed by atoms with Crippen molar-refractivity contribution in [3.8, 4) is 5.75 Å². The number of primary sulfonamides is 1. The van der Waals surface area contributed by atoms with Crippen LogP contribution in [0.4, 0.5) is 8.78 Å². The van der Waals surface area contributed by atoms with Gasteiger partial charge < -0.3 is 9.64 Å². The standard InChI is InChI=1S/C12H14F2N2O4S/c1-16(5-11(13)14)12(17)9-6-20-10-3-2-7(4-8(9)10)21(15,18)19/h2-4,9,11H,5-6H2,1H3,(H2,15,18,19). The molecule has 0 aliphatic carbocycles. The van der Waals surface area contributed by atoms with E-state index in [1.54, 1.807) is 0 Å². The SMILES string of the molecule is CN(CC(F)F)C(=O)C1COc2ccc(S(N)(=O)=O)cc21. The van der Waals surface area contributed by atoms with Crippen molar-refractivity contribution in [1.29, 1.82) is 0 Å². The second-order valence-corrected chi connectivity index (χ2v) is 6.28. The molecule has 0 saturated carbocycles. The van der Waals surface area contributed by atoms with Crippen molar-refractivity contribution < 1.29 is 26.7 Å². The normalized spacial score (nSPS) is 17.5. The highest BCUT2D eigenvalue weighted by molar-refractivity contribution is 7.89. The zero-order valence-electron chi connectivity index (χ0n) is 11.1. The molecule has 0 radical (unpaired) electrons. The fraction of sp³-hybridized carbons (Fsp3) is 0.417. The van der Waals surface area contributed by atoms with E-state index >= 15 is 0 Å². The number of carbonyl (C=O) groups excluding carboxylic acids is 1. The molecule has 0 aromatic heterocycles. The first-order chi connectivity index (χ1) is 9.70. The van der Waals surface area contributed by atoms with Crippen LogP contribution < -0.4 is 9.88 Å². The van der Waals surface area contributed by atoms with Crippen LogP contribution in [0.1, 0.15) is 11.5 Å². The van der Waals surface area contributed by atoms with Gasteiger partial charge in [-0.15, -0.1) is 0 Å². The molecule has 116 valence electrons. The fourth-order valence-corrected chi connectivity index (χ4v) is 2.69. The van der Waals surface area contributed by atoms with Gasteiger partial charge in [0.2, 0.25) is 15.9 Å². The van der Waals surface area contributed by atoms with E-state index in [4.69, 9.17) is 9.88 Å². The quantitative estimate of drug-likeness (QED) is 0.876. The molecule has 0 fully saturated rings. The maximum atomic E-state index is 12.3. The molecule has 0 spiro atoms. The number of likely N-dealkylation sites (N-methyl/N-ethyl adjacent to an activating group) is 1. The third kappa shape index (κ3) is 3.30. The Bertz CT molecular complexity index is 663. The number of amides is 1. The molecule has 1 aromatic rings. The maximum absolute atomic E-state index is 12.3. The zero-order valence-corrected chi connectivity index (χ0v) is 11.9. The number of fused-ring (bicyclic) bond motifs is 1. The second-order valence-electron chi connectivity index (χ2n) is 4.72. The van der Waals surface area contributed by atoms with Gasteiger partial charge in [-0.05, 0) is 18.2 Å². The van der Waals surface area contributed by atoms with Crippen molar-refractivity contribution >= 4 is 15.9 Å². The van der Waals surface area contributed by atoms with Gasteiger partial charge in [-0.1, -0.05) is 0 Å². The van der Waals surface area contributed by atoms with Crippen LogP contribution in [0, 0.1) is 0 Å². The smallest absolute Gasteiger partial charge is 0.255 e. The van der Waals surface area contributed by atoms with Crippen molar-refractivity contribution in [3.05, 3.63) is 23.8 Å². The summed E-state index contributed by atoms with van der Waals surface area (Å²) in [5, 5.41) is 5.03. The van der Waals surface area contributed by atoms with E-state index in [0.29, 0.717) is 11.3 Å². The predicted octanol–water partition coefficient (Wildman–Crippen LogP) is 0.534. The molecule has 1 unspecified atom stereocenters. The fourth-order valence-electron chi connectivity index (χ4n) is 2.14. The summed E-state index contributed by atoms with van der Waals surface area (Å²) in [4.78, 5) is 12.9. The lowest BCUT2D eigenvalue weighted by Gasteiger charge is -2.20. The Morgan fingerprint density at radius 1 is 1.52 bits per heavy atom. The molecule has 2 N–H and O–H groups in total. The van der Waals surface area contributed by atoms with Crippen LogP contribution in [0.15, 0.2) is 23.1 Å². The Balaban J connectivity index is 2.30. The Morgan fingerprint density at radius 3 is 2.76 bits per heavy atom. The van der Waals surface area contributed by atoms with Crippen LogP contribution in [0.2, 0.25) is 0 Å². The van der Waals surface area contributed by atoms with Crippen LogP contribution in [0.3, 0.4) is 0 Å². The summed E-state index contributed by atoms with van der Waals surface area (Å²) < 4.78 is 52.6. The maximum Gasteiger partial charge on any atom is 0.255 e. The molecule has 1 amide bonds. The van der Waals surface area contributed by atoms with Gasteiger partial charge in [-0.2, -0.15) is 0 Å². The number of hydrogen-bond acceptors (Lipinski definition) is 4. The molecule has 1 atom stereocenters. The minimum atomic E-state index is -3.91. The predicted molar refractivity (Wildman–Crippen MR) is 69.7 cm³/mol. The summed E-state index contributed by atoms with van der Waals surface area (Å²) in [6.07, 6.45) is -2.64. The lowest BCUT2D eigenvalue weighted by atomic mass is 10.00. The van der Waals surface area contributed by atoms with Crippen molar-refractivity contribution in [2.75, 3.05) is 20.2 Å². The van der Waals surface area contributed by atoms with E-state index in [0.717, 1.165) is 4.90 Å². The number of ether oxygens (including phenoxy) is 1. The highest BCUT2D eigenvalue weighted by Gasteiger charge is 2.34. The van der Waals surface area contributed by atoms with E-state index in [1.807, 2.05) is 0 Å². The summed E-state index contributed by atoms with van der Waals surface area (Å²) >= 11 is 0. The lowest BCUT2D eigenvalue weighted by molar-refractivity contribution is -0.133. The number of halogens is 2. The number of nitrogens with two attached hydrogens (primary N) is 1. The van der Waals surface area contributed by atoms with Gasteiger partial charge in [0.1, 0.15) is 18.3 Å². The van der Waals surface area contributed by atoms with Gasteiger partial charge in [0.25, 0.3) is 6.43 Å². The van der Waals surface area contributed by atoms with Crippen LogP contribution in [-0.4, -0.2) is 45.8 Å². The molecule has 0 saturated heterocycles. The number of carbonyl (C=O) groups is 1. The first-order valence-corrected chi connectivity index (χ1v) is 7.57.